The van der Waals surface area contributed by atoms with E-state index in [2.05, 4.69) is 121 Å². The van der Waals surface area contributed by atoms with E-state index in [1.165, 1.54) is 21.9 Å². The van der Waals surface area contributed by atoms with Crippen LogP contribution in [0.1, 0.15) is 25.0 Å². The van der Waals surface area contributed by atoms with Gasteiger partial charge in [-0.15, -0.1) is 18.2 Å². The molecular formula is C42H40GeIrN4O-2. The van der Waals surface area contributed by atoms with E-state index in [4.69, 9.17) is 14.4 Å². The van der Waals surface area contributed by atoms with E-state index in [1.807, 2.05) is 37.4 Å². The largest absolute Gasteiger partial charge is 0.486 e. The van der Waals surface area contributed by atoms with Crippen molar-refractivity contribution in [3.8, 4) is 22.6 Å². The Morgan fingerprint density at radius 2 is 1.67 bits per heavy atom. The van der Waals surface area contributed by atoms with Gasteiger partial charge in [0, 0.05) is 44.1 Å². The normalized spacial score (nSPS) is 11.7. The summed E-state index contributed by atoms with van der Waals surface area (Å²) >= 11 is -1.87. The molecule has 5 nitrogen and oxygen atoms in total. The zero-order valence-electron chi connectivity index (χ0n) is 29.1. The number of fused-ring (bicyclic) bond motifs is 6. The van der Waals surface area contributed by atoms with Crippen LogP contribution in [0.5, 0.6) is 0 Å². The Morgan fingerprint density at radius 3 is 2.43 bits per heavy atom. The molecule has 0 aliphatic heterocycles. The first kappa shape index (κ1) is 34.8. The van der Waals surface area contributed by atoms with Gasteiger partial charge in [-0.1, -0.05) is 41.3 Å². The number of benzene rings is 4. The van der Waals surface area contributed by atoms with Gasteiger partial charge in [-0.05, 0) is 23.6 Å². The van der Waals surface area contributed by atoms with Crippen molar-refractivity contribution in [2.24, 2.45) is 13.0 Å². The summed E-state index contributed by atoms with van der Waals surface area (Å²) < 4.78 is 9.75. The minimum Gasteiger partial charge on any atom is -0.486 e. The summed E-state index contributed by atoms with van der Waals surface area (Å²) in [5.41, 5.74) is 9.23. The summed E-state index contributed by atoms with van der Waals surface area (Å²) in [5.74, 6) is 8.84. The first-order chi connectivity index (χ1) is 23.1. The topological polar surface area (TPSA) is 56.7 Å². The maximum Gasteiger partial charge on any atom is 0.216 e. The number of nitrogens with zero attached hydrogens (tertiary/aromatic N) is 4. The number of aryl methyl sites for hydroxylation is 2. The van der Waals surface area contributed by atoms with E-state index in [9.17, 15) is 0 Å². The molecule has 4 aromatic heterocycles. The van der Waals surface area contributed by atoms with E-state index in [1.54, 1.807) is 10.6 Å². The Balaban J connectivity index is 0.000000173. The van der Waals surface area contributed by atoms with Crippen LogP contribution in [0.25, 0.3) is 66.5 Å². The van der Waals surface area contributed by atoms with Crippen molar-refractivity contribution in [1.29, 1.82) is 0 Å². The molecule has 0 saturated heterocycles. The van der Waals surface area contributed by atoms with Gasteiger partial charge < -0.3 is 8.98 Å². The number of rotatable bonds is 5. The van der Waals surface area contributed by atoms with Crippen molar-refractivity contribution < 1.29 is 24.5 Å². The summed E-state index contributed by atoms with van der Waals surface area (Å²) in [6.45, 7) is 6.67. The number of pyridine rings is 2. The quantitative estimate of drug-likeness (QED) is 0.128. The van der Waals surface area contributed by atoms with E-state index < -0.39 is 13.3 Å². The van der Waals surface area contributed by atoms with Crippen molar-refractivity contribution in [3.05, 3.63) is 121 Å². The molecule has 0 aliphatic rings. The average molecular weight is 882 g/mol. The molecule has 4 aromatic carbocycles. The fourth-order valence-corrected chi connectivity index (χ4v) is 9.87. The van der Waals surface area contributed by atoms with Gasteiger partial charge in [0.1, 0.15) is 0 Å². The van der Waals surface area contributed by atoms with E-state index in [0.29, 0.717) is 11.6 Å². The van der Waals surface area contributed by atoms with E-state index in [-0.39, 0.29) is 20.1 Å². The molecule has 0 fully saturated rings. The molecule has 0 bridgehead atoms. The summed E-state index contributed by atoms with van der Waals surface area (Å²) in [6.07, 6.45) is 5.02. The van der Waals surface area contributed by atoms with Gasteiger partial charge in [0.25, 0.3) is 0 Å². The molecule has 8 aromatic rings. The first-order valence-corrected chi connectivity index (χ1v) is 23.9. The number of hydrogen-bond acceptors (Lipinski definition) is 4. The van der Waals surface area contributed by atoms with Crippen LogP contribution in [-0.4, -0.2) is 32.8 Å². The van der Waals surface area contributed by atoms with Crippen LogP contribution in [0.4, 0.5) is 0 Å². The monoisotopic (exact) mass is 883 g/mol. The maximum atomic E-state index is 6.08. The summed E-state index contributed by atoms with van der Waals surface area (Å²) in [4.78, 5) is 14.0. The summed E-state index contributed by atoms with van der Waals surface area (Å²) in [6, 6.07) is 35.7. The van der Waals surface area contributed by atoms with Crippen LogP contribution < -0.4 is 4.40 Å². The smallest absolute Gasteiger partial charge is 0.216 e. The molecule has 249 valence electrons. The van der Waals surface area contributed by atoms with Crippen LogP contribution in [-0.2, 0) is 33.6 Å². The molecule has 0 saturated carbocycles. The van der Waals surface area contributed by atoms with E-state index >= 15 is 0 Å². The minimum atomic E-state index is -1.87. The fourth-order valence-electron chi connectivity index (χ4n) is 6.54. The first-order valence-electron chi connectivity index (χ1n) is 16.6. The van der Waals surface area contributed by atoms with Gasteiger partial charge >= 0.3 is 132 Å². The molecule has 0 amide bonds. The molecule has 0 unspecified atom stereocenters. The third-order valence-electron chi connectivity index (χ3n) is 8.86. The third-order valence-corrected chi connectivity index (χ3v) is 13.2. The molecule has 4 heterocycles. The van der Waals surface area contributed by atoms with Gasteiger partial charge in [0.2, 0.25) is 5.71 Å². The number of furan rings is 1. The van der Waals surface area contributed by atoms with Gasteiger partial charge in [0.15, 0.2) is 0 Å². The zero-order valence-corrected chi connectivity index (χ0v) is 33.5. The maximum absolute atomic E-state index is 6.08. The Morgan fingerprint density at radius 1 is 0.878 bits per heavy atom. The van der Waals surface area contributed by atoms with Crippen molar-refractivity contribution in [3.63, 3.8) is 0 Å². The van der Waals surface area contributed by atoms with Crippen LogP contribution in [0.2, 0.25) is 17.3 Å². The van der Waals surface area contributed by atoms with Gasteiger partial charge in [-0.25, -0.2) is 4.98 Å². The van der Waals surface area contributed by atoms with Crippen LogP contribution in [0.15, 0.2) is 102 Å². The molecular weight excluding hydrogens is 841 g/mol. The number of aromatic nitrogens is 4. The second-order valence-corrected chi connectivity index (χ2v) is 24.6. The van der Waals surface area contributed by atoms with E-state index in [0.717, 1.165) is 56.5 Å². The second kappa shape index (κ2) is 14.0. The SMILES string of the molecule is Cc1c[c-]c(-c2cc(CC(C)C)[c]([Ge]([CH3])([CH3])[CH3])cn2)cc1.Cn1c(-c2[c-]ccc3c2oc2ncccc23)nc2ccc3ccccc3c21.[Ir]. The van der Waals surface area contributed by atoms with Crippen molar-refractivity contribution >= 4 is 61.5 Å². The Kier molecular flexibility index (Phi) is 9.95. The molecule has 0 aliphatic carbocycles. The fraction of sp³-hybridized carbons (Fsp3) is 0.214. The molecule has 0 atom stereocenters. The Labute approximate surface area is 304 Å². The molecule has 1 radical (unpaired) electrons. The molecule has 0 spiro atoms. The standard InChI is InChI=1S/C23H14N3O.C19H26GeN.Ir/c1-26-20-15-7-3-2-6-14(15)11-12-19(20)25-22(26)18-9-4-8-16-17-10-5-13-24-23(17)27-21(16)18;1-14(2)11-17-12-19(16-9-7-15(3)8-10-16)21-13-18(17)20(4,5)6;/h2-8,10-13H,1H3;7-9,12-14H,11H2,1-6H3;/q2*-1;. The molecule has 49 heavy (non-hydrogen) atoms. The molecule has 7 heteroatoms. The van der Waals surface area contributed by atoms with Crippen LogP contribution in [0, 0.1) is 25.0 Å². The Hall–Kier alpha value is -4.10. The summed E-state index contributed by atoms with van der Waals surface area (Å²) in [5, 5.41) is 4.43. The van der Waals surface area contributed by atoms with Crippen molar-refractivity contribution in [2.45, 2.75) is 44.5 Å². The Bertz CT molecular complexity index is 2420. The van der Waals surface area contributed by atoms with Gasteiger partial charge in [0.05, 0.1) is 22.4 Å². The average Bonchev–Trinajstić information content (AvgIpc) is 3.62. The van der Waals surface area contributed by atoms with Gasteiger partial charge in [-0.2, -0.15) is 0 Å². The van der Waals surface area contributed by atoms with Gasteiger partial charge in [-0.3, -0.25) is 4.98 Å². The van der Waals surface area contributed by atoms with Crippen LogP contribution in [0.3, 0.4) is 0 Å². The number of hydrogen-bond donors (Lipinski definition) is 0. The molecule has 8 rings (SSSR count). The second-order valence-electron chi connectivity index (χ2n) is 14.1. The van der Waals surface area contributed by atoms with Crippen LogP contribution >= 0.6 is 0 Å². The predicted molar refractivity (Wildman–Crippen MR) is 202 cm³/mol. The number of imidazole rings is 1. The molecule has 0 N–H and O–H groups in total. The predicted octanol–water partition coefficient (Wildman–Crippen LogP) is 10.1. The minimum absolute atomic E-state index is 0. The van der Waals surface area contributed by atoms with Crippen molar-refractivity contribution in [2.75, 3.05) is 0 Å². The van der Waals surface area contributed by atoms with Crippen molar-refractivity contribution in [1.82, 2.24) is 19.5 Å². The zero-order chi connectivity index (χ0) is 33.6. The summed E-state index contributed by atoms with van der Waals surface area (Å²) in [7, 11) is 2.05. The third kappa shape index (κ3) is 6.87.